The molecule has 2 aromatic heterocycles. The minimum absolute atomic E-state index is 0.143. The molecule has 0 aliphatic heterocycles. The molecule has 0 amide bonds. The van der Waals surface area contributed by atoms with Gasteiger partial charge in [0.05, 0.1) is 10.6 Å². The fraction of sp³-hybridized carbons (Fsp3) is 0.0476. The number of aromatic nitrogens is 2. The third kappa shape index (κ3) is 3.94. The van der Waals surface area contributed by atoms with Crippen LogP contribution in [0.1, 0.15) is 15.2 Å². The molecular weight excluding hydrogens is 380 g/mol. The Morgan fingerprint density at radius 3 is 2.63 bits per heavy atom. The van der Waals surface area contributed by atoms with E-state index in [0.717, 1.165) is 11.1 Å². The molecule has 0 saturated heterocycles. The molecule has 6 heteroatoms. The molecule has 0 bridgehead atoms. The lowest BCUT2D eigenvalue weighted by molar-refractivity contribution is 0.0949. The lowest BCUT2D eigenvalue weighted by atomic mass is 10.1. The zero-order valence-electron chi connectivity index (χ0n) is 14.2. The van der Waals surface area contributed by atoms with Gasteiger partial charge in [0, 0.05) is 16.8 Å². The number of carbonyl (C=O) groups is 1. The third-order valence-electron chi connectivity index (χ3n) is 4.00. The van der Waals surface area contributed by atoms with Gasteiger partial charge in [0.1, 0.15) is 12.4 Å². The van der Waals surface area contributed by atoms with Gasteiger partial charge in [-0.1, -0.05) is 41.9 Å². The molecule has 27 heavy (non-hydrogen) atoms. The highest BCUT2D eigenvalue weighted by Crippen LogP contribution is 2.29. The first-order chi connectivity index (χ1) is 13.2. The van der Waals surface area contributed by atoms with E-state index in [2.05, 4.69) is 5.10 Å². The molecule has 0 radical (unpaired) electrons. The van der Waals surface area contributed by atoms with Gasteiger partial charge in [-0.2, -0.15) is 5.10 Å². The van der Waals surface area contributed by atoms with Crippen LogP contribution in [0.25, 0.3) is 11.3 Å². The monoisotopic (exact) mass is 394 g/mol. The summed E-state index contributed by atoms with van der Waals surface area (Å²) in [5, 5.41) is 7.01. The number of hydrogen-bond acceptors (Lipinski definition) is 4. The van der Waals surface area contributed by atoms with Crippen molar-refractivity contribution in [2.24, 2.45) is 0 Å². The molecule has 0 unspecified atom stereocenters. The summed E-state index contributed by atoms with van der Waals surface area (Å²) in [5.41, 5.74) is 2.54. The van der Waals surface area contributed by atoms with Crippen LogP contribution in [-0.4, -0.2) is 15.7 Å². The number of rotatable bonds is 5. The zero-order chi connectivity index (χ0) is 18.6. The second kappa shape index (κ2) is 7.78. The number of nitrogens with zero attached hydrogens (tertiary/aromatic N) is 2. The van der Waals surface area contributed by atoms with Gasteiger partial charge in [-0.3, -0.25) is 4.79 Å². The molecule has 2 aromatic carbocycles. The van der Waals surface area contributed by atoms with Crippen LogP contribution < -0.4 is 4.74 Å². The van der Waals surface area contributed by atoms with Crippen molar-refractivity contribution >= 4 is 28.8 Å². The van der Waals surface area contributed by atoms with Crippen molar-refractivity contribution in [2.75, 3.05) is 0 Å². The standard InChI is InChI=1S/C21H15ClN2O2S/c22-16-9-7-15(8-10-16)14-26-19-5-2-1-4-17(19)18-11-12-24(23-18)21(25)20-6-3-13-27-20/h1-13H,14H2. The van der Waals surface area contributed by atoms with E-state index in [1.54, 1.807) is 12.3 Å². The Bertz CT molecular complexity index is 1060. The summed E-state index contributed by atoms with van der Waals surface area (Å²) in [7, 11) is 0. The van der Waals surface area contributed by atoms with Crippen molar-refractivity contribution in [3.63, 3.8) is 0 Å². The van der Waals surface area contributed by atoms with Gasteiger partial charge in [0.25, 0.3) is 5.91 Å². The molecule has 2 heterocycles. The second-order valence-corrected chi connectivity index (χ2v) is 7.22. The first kappa shape index (κ1) is 17.5. The number of carbonyl (C=O) groups excluding carboxylic acids is 1. The Balaban J connectivity index is 1.56. The van der Waals surface area contributed by atoms with Crippen LogP contribution >= 0.6 is 22.9 Å². The quantitative estimate of drug-likeness (QED) is 0.447. The van der Waals surface area contributed by atoms with Gasteiger partial charge in [0.15, 0.2) is 0 Å². The normalized spacial score (nSPS) is 10.7. The van der Waals surface area contributed by atoms with E-state index in [4.69, 9.17) is 16.3 Å². The maximum Gasteiger partial charge on any atom is 0.288 e. The van der Waals surface area contributed by atoms with Crippen LogP contribution in [0.3, 0.4) is 0 Å². The molecule has 4 rings (SSSR count). The summed E-state index contributed by atoms with van der Waals surface area (Å²) < 4.78 is 7.34. The maximum atomic E-state index is 12.4. The fourth-order valence-electron chi connectivity index (χ4n) is 2.64. The minimum Gasteiger partial charge on any atom is -0.488 e. The number of para-hydroxylation sites is 1. The predicted molar refractivity (Wildman–Crippen MR) is 107 cm³/mol. The molecule has 0 saturated carbocycles. The lowest BCUT2D eigenvalue weighted by Crippen LogP contribution is -2.10. The fourth-order valence-corrected chi connectivity index (χ4v) is 3.42. The summed E-state index contributed by atoms with van der Waals surface area (Å²) in [6.45, 7) is 0.420. The van der Waals surface area contributed by atoms with E-state index in [1.165, 1.54) is 16.0 Å². The minimum atomic E-state index is -0.143. The number of thiophene rings is 1. The molecule has 0 aliphatic carbocycles. The van der Waals surface area contributed by atoms with Crippen LogP contribution in [0, 0.1) is 0 Å². The number of benzene rings is 2. The summed E-state index contributed by atoms with van der Waals surface area (Å²) in [5.74, 6) is 0.567. The Morgan fingerprint density at radius 2 is 1.85 bits per heavy atom. The van der Waals surface area contributed by atoms with Gasteiger partial charge < -0.3 is 4.74 Å². The zero-order valence-corrected chi connectivity index (χ0v) is 15.8. The molecule has 0 N–H and O–H groups in total. The highest BCUT2D eigenvalue weighted by molar-refractivity contribution is 7.12. The lowest BCUT2D eigenvalue weighted by Gasteiger charge is -2.10. The Morgan fingerprint density at radius 1 is 1.04 bits per heavy atom. The van der Waals surface area contributed by atoms with Crippen molar-refractivity contribution in [2.45, 2.75) is 6.61 Å². The number of ether oxygens (including phenoxy) is 1. The Kier molecular flexibility index (Phi) is 5.05. The first-order valence-corrected chi connectivity index (χ1v) is 9.57. The van der Waals surface area contributed by atoms with Crippen LogP contribution in [0.5, 0.6) is 5.75 Å². The average molecular weight is 395 g/mol. The van der Waals surface area contributed by atoms with Gasteiger partial charge in [-0.15, -0.1) is 11.3 Å². The Labute approximate surface area is 165 Å². The summed E-state index contributed by atoms with van der Waals surface area (Å²) in [6, 6.07) is 20.6. The van der Waals surface area contributed by atoms with Gasteiger partial charge in [0.2, 0.25) is 0 Å². The van der Waals surface area contributed by atoms with Crippen molar-refractivity contribution in [1.29, 1.82) is 0 Å². The van der Waals surface area contributed by atoms with Gasteiger partial charge in [-0.05, 0) is 47.3 Å². The smallest absolute Gasteiger partial charge is 0.288 e. The molecule has 0 atom stereocenters. The molecular formula is C21H15ClN2O2S. The van der Waals surface area contributed by atoms with Gasteiger partial charge in [-0.25, -0.2) is 4.68 Å². The number of halogens is 1. The van der Waals surface area contributed by atoms with Crippen molar-refractivity contribution < 1.29 is 9.53 Å². The van der Waals surface area contributed by atoms with E-state index in [0.29, 0.717) is 28.0 Å². The maximum absolute atomic E-state index is 12.4. The van der Waals surface area contributed by atoms with Crippen molar-refractivity contribution in [1.82, 2.24) is 9.78 Å². The third-order valence-corrected chi connectivity index (χ3v) is 5.11. The van der Waals surface area contributed by atoms with Crippen molar-refractivity contribution in [3.05, 3.63) is 93.8 Å². The summed E-state index contributed by atoms with van der Waals surface area (Å²) in [4.78, 5) is 13.1. The molecule has 0 spiro atoms. The van der Waals surface area contributed by atoms with E-state index in [9.17, 15) is 4.79 Å². The van der Waals surface area contributed by atoms with Gasteiger partial charge >= 0.3 is 0 Å². The topological polar surface area (TPSA) is 44.1 Å². The van der Waals surface area contributed by atoms with E-state index >= 15 is 0 Å². The number of hydrogen-bond donors (Lipinski definition) is 0. The largest absolute Gasteiger partial charge is 0.488 e. The van der Waals surface area contributed by atoms with Crippen LogP contribution in [0.15, 0.2) is 78.3 Å². The first-order valence-electron chi connectivity index (χ1n) is 8.31. The van der Waals surface area contributed by atoms with Crippen LogP contribution in [-0.2, 0) is 6.61 Å². The SMILES string of the molecule is O=C(c1cccs1)n1ccc(-c2ccccc2OCc2ccc(Cl)cc2)n1. The highest BCUT2D eigenvalue weighted by Gasteiger charge is 2.14. The van der Waals surface area contributed by atoms with E-state index in [-0.39, 0.29) is 5.91 Å². The molecule has 0 fully saturated rings. The second-order valence-electron chi connectivity index (χ2n) is 5.84. The molecule has 134 valence electrons. The molecule has 4 nitrogen and oxygen atoms in total. The predicted octanol–water partition coefficient (Wildman–Crippen LogP) is 5.53. The highest BCUT2D eigenvalue weighted by atomic mass is 35.5. The van der Waals surface area contributed by atoms with Crippen LogP contribution in [0.4, 0.5) is 0 Å². The summed E-state index contributed by atoms with van der Waals surface area (Å²) in [6.07, 6.45) is 1.67. The van der Waals surface area contributed by atoms with Crippen molar-refractivity contribution in [3.8, 4) is 17.0 Å². The average Bonchev–Trinajstić information content (AvgIpc) is 3.39. The molecule has 0 aliphatic rings. The van der Waals surface area contributed by atoms with Crippen LogP contribution in [0.2, 0.25) is 5.02 Å². The Hall–Kier alpha value is -2.89. The summed E-state index contributed by atoms with van der Waals surface area (Å²) >= 11 is 7.32. The van der Waals surface area contributed by atoms with E-state index < -0.39 is 0 Å². The van der Waals surface area contributed by atoms with E-state index in [1.807, 2.05) is 66.0 Å². The molecule has 4 aromatic rings.